The topological polar surface area (TPSA) is 34.1 Å². The van der Waals surface area contributed by atoms with Gasteiger partial charge in [-0.15, -0.1) is 0 Å². The van der Waals surface area contributed by atoms with Crippen molar-refractivity contribution in [1.82, 2.24) is 0 Å². The zero-order chi connectivity index (χ0) is 9.52. The maximum absolute atomic E-state index is 11.6. The summed E-state index contributed by atoms with van der Waals surface area (Å²) in [5, 5.41) is 0. The van der Waals surface area contributed by atoms with E-state index < -0.39 is 5.41 Å². The van der Waals surface area contributed by atoms with Gasteiger partial charge in [0.2, 0.25) is 0 Å². The van der Waals surface area contributed by atoms with Crippen LogP contribution in [0.15, 0.2) is 11.6 Å². The van der Waals surface area contributed by atoms with Crippen LogP contribution >= 0.6 is 0 Å². The van der Waals surface area contributed by atoms with Gasteiger partial charge in [-0.1, -0.05) is 20.8 Å². The van der Waals surface area contributed by atoms with Gasteiger partial charge in [0.05, 0.1) is 0 Å². The number of Topliss-reactive ketones (excluding diaryl/α,β-unsaturated/α-hetero) is 1. The van der Waals surface area contributed by atoms with Crippen LogP contribution in [0.25, 0.3) is 0 Å². The molecule has 0 fully saturated rings. The standard InChI is InChI=1S/C10H14O2/c1-6-5-8(11)7(2)10(3,4)9(6)12/h5,7H,1-4H3/t7-/m1/s1. The smallest absolute Gasteiger partial charge is 0.165 e. The average Bonchev–Trinajstić information content (AvgIpc) is 1.99. The quantitative estimate of drug-likeness (QED) is 0.549. The molecule has 2 heteroatoms. The van der Waals surface area contributed by atoms with Crippen LogP contribution in [-0.2, 0) is 9.59 Å². The highest BCUT2D eigenvalue weighted by Crippen LogP contribution is 2.34. The molecule has 0 aliphatic heterocycles. The van der Waals surface area contributed by atoms with E-state index in [-0.39, 0.29) is 17.5 Å². The molecule has 0 saturated carbocycles. The van der Waals surface area contributed by atoms with Crippen LogP contribution in [0.3, 0.4) is 0 Å². The van der Waals surface area contributed by atoms with Gasteiger partial charge in [0.15, 0.2) is 11.6 Å². The van der Waals surface area contributed by atoms with E-state index in [1.54, 1.807) is 6.92 Å². The third-order valence-corrected chi connectivity index (χ3v) is 2.81. The third-order valence-electron chi connectivity index (χ3n) is 2.81. The first-order chi connectivity index (χ1) is 5.37. The molecule has 12 heavy (non-hydrogen) atoms. The number of hydrogen-bond acceptors (Lipinski definition) is 2. The predicted molar refractivity (Wildman–Crippen MR) is 46.7 cm³/mol. The maximum Gasteiger partial charge on any atom is 0.165 e. The molecule has 0 amide bonds. The lowest BCUT2D eigenvalue weighted by Gasteiger charge is -2.32. The molecule has 0 saturated heterocycles. The van der Waals surface area contributed by atoms with E-state index in [0.717, 1.165) is 0 Å². The van der Waals surface area contributed by atoms with E-state index in [9.17, 15) is 9.59 Å². The van der Waals surface area contributed by atoms with Gasteiger partial charge < -0.3 is 0 Å². The summed E-state index contributed by atoms with van der Waals surface area (Å²) in [4.78, 5) is 22.9. The molecule has 1 aliphatic carbocycles. The lowest BCUT2D eigenvalue weighted by Crippen LogP contribution is -2.39. The molecule has 0 aromatic heterocycles. The summed E-state index contributed by atoms with van der Waals surface area (Å²) < 4.78 is 0. The zero-order valence-corrected chi connectivity index (χ0v) is 7.97. The number of allylic oxidation sites excluding steroid dienone is 2. The van der Waals surface area contributed by atoms with Crippen molar-refractivity contribution in [1.29, 1.82) is 0 Å². The number of rotatable bonds is 0. The summed E-state index contributed by atoms with van der Waals surface area (Å²) in [5.74, 6) is -0.0274. The fourth-order valence-corrected chi connectivity index (χ4v) is 1.46. The van der Waals surface area contributed by atoms with Crippen LogP contribution in [0.4, 0.5) is 0 Å². The fraction of sp³-hybridized carbons (Fsp3) is 0.600. The Morgan fingerprint density at radius 1 is 1.33 bits per heavy atom. The predicted octanol–water partition coefficient (Wildman–Crippen LogP) is 1.75. The normalized spacial score (nSPS) is 28.7. The summed E-state index contributed by atoms with van der Waals surface area (Å²) >= 11 is 0. The van der Waals surface area contributed by atoms with Gasteiger partial charge in [-0.05, 0) is 18.6 Å². The van der Waals surface area contributed by atoms with Crippen LogP contribution < -0.4 is 0 Å². The van der Waals surface area contributed by atoms with Crippen molar-refractivity contribution in [3.05, 3.63) is 11.6 Å². The van der Waals surface area contributed by atoms with Gasteiger partial charge in [-0.3, -0.25) is 9.59 Å². The molecule has 0 aromatic carbocycles. The lowest BCUT2D eigenvalue weighted by atomic mass is 9.69. The van der Waals surface area contributed by atoms with Crippen LogP contribution in [0.1, 0.15) is 27.7 Å². The Morgan fingerprint density at radius 2 is 1.83 bits per heavy atom. The molecule has 66 valence electrons. The Kier molecular flexibility index (Phi) is 1.94. The van der Waals surface area contributed by atoms with Crippen LogP contribution in [-0.4, -0.2) is 11.6 Å². The van der Waals surface area contributed by atoms with Gasteiger partial charge in [0.1, 0.15) is 0 Å². The molecule has 1 atom stereocenters. The highest BCUT2D eigenvalue weighted by Gasteiger charge is 2.40. The first-order valence-electron chi connectivity index (χ1n) is 4.14. The minimum absolute atomic E-state index is 0.0668. The van der Waals surface area contributed by atoms with Gasteiger partial charge >= 0.3 is 0 Å². The SMILES string of the molecule is CC1=CC(=O)[C@@H](C)C(C)(C)C1=O. The zero-order valence-electron chi connectivity index (χ0n) is 7.97. The van der Waals surface area contributed by atoms with Crippen molar-refractivity contribution in [2.75, 3.05) is 0 Å². The fourth-order valence-electron chi connectivity index (χ4n) is 1.46. The van der Waals surface area contributed by atoms with Gasteiger partial charge in [-0.2, -0.15) is 0 Å². The molecule has 1 rings (SSSR count). The molecule has 0 radical (unpaired) electrons. The van der Waals surface area contributed by atoms with Crippen LogP contribution in [0.5, 0.6) is 0 Å². The molecule has 0 N–H and O–H groups in total. The van der Waals surface area contributed by atoms with E-state index in [2.05, 4.69) is 0 Å². The van der Waals surface area contributed by atoms with Gasteiger partial charge in [0.25, 0.3) is 0 Å². The second kappa shape index (κ2) is 2.54. The van der Waals surface area contributed by atoms with E-state index in [1.807, 2.05) is 20.8 Å². The number of carbonyl (C=O) groups excluding carboxylic acids is 2. The van der Waals surface area contributed by atoms with E-state index in [4.69, 9.17) is 0 Å². The Hall–Kier alpha value is -0.920. The van der Waals surface area contributed by atoms with Gasteiger partial charge in [-0.25, -0.2) is 0 Å². The van der Waals surface area contributed by atoms with E-state index in [0.29, 0.717) is 5.57 Å². The number of hydrogen-bond donors (Lipinski definition) is 0. The molecule has 0 heterocycles. The number of ketones is 2. The Morgan fingerprint density at radius 3 is 2.33 bits per heavy atom. The second-order valence-corrected chi connectivity index (χ2v) is 4.00. The van der Waals surface area contributed by atoms with Crippen LogP contribution in [0.2, 0.25) is 0 Å². The summed E-state index contributed by atoms with van der Waals surface area (Å²) in [6, 6.07) is 0. The highest BCUT2D eigenvalue weighted by atomic mass is 16.1. The largest absolute Gasteiger partial charge is 0.295 e. The minimum atomic E-state index is -0.518. The van der Waals surface area contributed by atoms with Crippen molar-refractivity contribution in [2.45, 2.75) is 27.7 Å². The molecule has 0 unspecified atom stereocenters. The molecular weight excluding hydrogens is 152 g/mol. The molecule has 0 spiro atoms. The first kappa shape index (κ1) is 9.17. The summed E-state index contributed by atoms with van der Waals surface area (Å²) in [6.07, 6.45) is 1.46. The second-order valence-electron chi connectivity index (χ2n) is 4.00. The van der Waals surface area contributed by atoms with Crippen molar-refractivity contribution in [3.63, 3.8) is 0 Å². The first-order valence-corrected chi connectivity index (χ1v) is 4.14. The van der Waals surface area contributed by atoms with Gasteiger partial charge in [0, 0.05) is 11.3 Å². The summed E-state index contributed by atoms with van der Waals surface area (Å²) in [5.41, 5.74) is 0.0683. The monoisotopic (exact) mass is 166 g/mol. The summed E-state index contributed by atoms with van der Waals surface area (Å²) in [6.45, 7) is 7.17. The highest BCUT2D eigenvalue weighted by molar-refractivity contribution is 6.11. The molecule has 1 aliphatic rings. The molecular formula is C10H14O2. The van der Waals surface area contributed by atoms with E-state index >= 15 is 0 Å². The Bertz CT molecular complexity index is 272. The average molecular weight is 166 g/mol. The summed E-state index contributed by atoms with van der Waals surface area (Å²) in [7, 11) is 0. The van der Waals surface area contributed by atoms with Crippen molar-refractivity contribution >= 4 is 11.6 Å². The Balaban J connectivity index is 3.18. The minimum Gasteiger partial charge on any atom is -0.295 e. The van der Waals surface area contributed by atoms with Crippen molar-refractivity contribution in [2.24, 2.45) is 11.3 Å². The molecule has 0 bridgehead atoms. The van der Waals surface area contributed by atoms with Crippen molar-refractivity contribution in [3.8, 4) is 0 Å². The molecule has 2 nitrogen and oxygen atoms in total. The van der Waals surface area contributed by atoms with Crippen molar-refractivity contribution < 1.29 is 9.59 Å². The maximum atomic E-state index is 11.6. The van der Waals surface area contributed by atoms with Crippen LogP contribution in [0, 0.1) is 11.3 Å². The lowest BCUT2D eigenvalue weighted by molar-refractivity contribution is -0.134. The Labute approximate surface area is 72.7 Å². The molecule has 0 aromatic rings. The van der Waals surface area contributed by atoms with E-state index in [1.165, 1.54) is 6.08 Å². The number of carbonyl (C=O) groups is 2. The third kappa shape index (κ3) is 1.11.